The topological polar surface area (TPSA) is 110 Å². The molecule has 4 rings (SSSR count). The number of hydrogen-bond acceptors (Lipinski definition) is 6. The highest BCUT2D eigenvalue weighted by Gasteiger charge is 2.17. The van der Waals surface area contributed by atoms with Gasteiger partial charge in [0.1, 0.15) is 5.82 Å². The highest BCUT2D eigenvalue weighted by Crippen LogP contribution is 2.29. The van der Waals surface area contributed by atoms with Crippen LogP contribution in [0.2, 0.25) is 0 Å². The summed E-state index contributed by atoms with van der Waals surface area (Å²) >= 11 is 0. The number of aromatic nitrogens is 6. The van der Waals surface area contributed by atoms with Gasteiger partial charge in [0.2, 0.25) is 11.7 Å². The van der Waals surface area contributed by atoms with Crippen LogP contribution in [0, 0.1) is 6.92 Å². The lowest BCUT2D eigenvalue weighted by Gasteiger charge is -2.19. The molecule has 0 saturated heterocycles. The molecule has 0 aliphatic carbocycles. The predicted octanol–water partition coefficient (Wildman–Crippen LogP) is 4.98. The zero-order valence-corrected chi connectivity index (χ0v) is 24.0. The summed E-state index contributed by atoms with van der Waals surface area (Å²) in [5.41, 5.74) is 5.44. The second kappa shape index (κ2) is 13.8. The number of hydrogen-bond donors (Lipinski definition) is 1. The number of amides is 1. The van der Waals surface area contributed by atoms with Gasteiger partial charge in [-0.2, -0.15) is 5.21 Å². The van der Waals surface area contributed by atoms with E-state index in [4.69, 9.17) is 4.98 Å². The first-order chi connectivity index (χ1) is 19.5. The van der Waals surface area contributed by atoms with Crippen LogP contribution in [0.25, 0.3) is 22.5 Å². The van der Waals surface area contributed by atoms with Crippen molar-refractivity contribution in [3.05, 3.63) is 81.5 Å². The zero-order chi connectivity index (χ0) is 28.5. The first-order valence-electron chi connectivity index (χ1n) is 14.3. The molecule has 0 spiro atoms. The maximum Gasteiger partial charge on any atom is 0.257 e. The van der Waals surface area contributed by atoms with Crippen molar-refractivity contribution in [3.8, 4) is 22.5 Å². The maximum atomic E-state index is 13.8. The molecule has 9 heteroatoms. The molecule has 0 aliphatic heterocycles. The number of aromatic amines is 1. The number of tetrazole rings is 1. The van der Waals surface area contributed by atoms with Crippen molar-refractivity contribution in [1.29, 1.82) is 0 Å². The van der Waals surface area contributed by atoms with Crippen LogP contribution >= 0.6 is 0 Å². The van der Waals surface area contributed by atoms with Gasteiger partial charge < -0.3 is 4.90 Å². The molecule has 4 aromatic rings. The van der Waals surface area contributed by atoms with Crippen molar-refractivity contribution in [2.45, 2.75) is 72.8 Å². The second-order valence-corrected chi connectivity index (χ2v) is 9.98. The minimum absolute atomic E-state index is 0.000389. The molecule has 0 atom stereocenters. The fourth-order valence-electron chi connectivity index (χ4n) is 5.06. The smallest absolute Gasteiger partial charge is 0.257 e. The number of carbonyl (C=O) groups is 1. The van der Waals surface area contributed by atoms with Gasteiger partial charge in [-0.25, -0.2) is 4.98 Å². The molecule has 2 heterocycles. The Morgan fingerprint density at radius 1 is 0.950 bits per heavy atom. The molecule has 0 aliphatic rings. The summed E-state index contributed by atoms with van der Waals surface area (Å²) in [4.78, 5) is 33.0. The highest BCUT2D eigenvalue weighted by molar-refractivity contribution is 5.80. The Balaban J connectivity index is 1.58. The first-order valence-corrected chi connectivity index (χ1v) is 14.3. The van der Waals surface area contributed by atoms with Gasteiger partial charge in [-0.1, -0.05) is 61.9 Å². The number of carbonyl (C=O) groups excluding carboxylic acids is 1. The molecule has 9 nitrogen and oxygen atoms in total. The maximum absolute atomic E-state index is 13.8. The average Bonchev–Trinajstić information content (AvgIpc) is 3.51. The number of H-pyrrole nitrogens is 1. The van der Waals surface area contributed by atoms with E-state index < -0.39 is 0 Å². The van der Waals surface area contributed by atoms with Crippen LogP contribution in [0.1, 0.15) is 69.1 Å². The third-order valence-corrected chi connectivity index (χ3v) is 7.35. The van der Waals surface area contributed by atoms with Gasteiger partial charge in [0.25, 0.3) is 5.56 Å². The minimum atomic E-state index is 0.000389. The van der Waals surface area contributed by atoms with Gasteiger partial charge in [0.15, 0.2) is 0 Å². The van der Waals surface area contributed by atoms with E-state index in [1.165, 1.54) is 0 Å². The number of nitrogens with one attached hydrogen (secondary N) is 1. The van der Waals surface area contributed by atoms with E-state index in [0.29, 0.717) is 50.3 Å². The van der Waals surface area contributed by atoms with E-state index >= 15 is 0 Å². The third kappa shape index (κ3) is 6.70. The fraction of sp³-hybridized carbons (Fsp3) is 0.419. The Labute approximate surface area is 235 Å². The van der Waals surface area contributed by atoms with E-state index in [1.54, 1.807) is 0 Å². The summed E-state index contributed by atoms with van der Waals surface area (Å²) in [6.45, 7) is 9.89. The normalized spacial score (nSPS) is 11.1. The number of benzene rings is 2. The minimum Gasteiger partial charge on any atom is -0.343 e. The lowest BCUT2D eigenvalue weighted by Crippen LogP contribution is -2.31. The van der Waals surface area contributed by atoms with Gasteiger partial charge in [0, 0.05) is 42.8 Å². The van der Waals surface area contributed by atoms with E-state index in [9.17, 15) is 9.59 Å². The number of aryl methyl sites for hydroxylation is 2. The van der Waals surface area contributed by atoms with Crippen LogP contribution in [-0.2, 0) is 24.2 Å². The van der Waals surface area contributed by atoms with E-state index in [2.05, 4.69) is 51.8 Å². The Morgan fingerprint density at radius 3 is 2.33 bits per heavy atom. The molecule has 210 valence electrons. The molecule has 2 aromatic heterocycles. The Bertz CT molecular complexity index is 1460. The molecule has 0 unspecified atom stereocenters. The number of unbranched alkanes of at least 4 members (excludes halogenated alkanes) is 1. The molecule has 0 radical (unpaired) electrons. The van der Waals surface area contributed by atoms with Gasteiger partial charge in [-0.05, 0) is 61.9 Å². The number of nitrogens with zero attached hydrogens (tertiary/aromatic N) is 6. The van der Waals surface area contributed by atoms with Gasteiger partial charge in [-0.3, -0.25) is 14.2 Å². The molecule has 0 saturated carbocycles. The summed E-state index contributed by atoms with van der Waals surface area (Å²) < 4.78 is 1.83. The summed E-state index contributed by atoms with van der Waals surface area (Å²) in [7, 11) is 0. The standard InChI is InChI=1S/C31H39N7O2/c1-5-8-15-28-32-22(4)25(14-11-16-29(39)37(6-2)7-3)31(40)38(28)21-23-17-19-24(20-18-23)26-12-9-10-13-27(26)30-33-35-36-34-30/h9-10,12-13,17-20H,5-8,11,14-16,21H2,1-4H3,(H,33,34,35,36). The predicted molar refractivity (Wildman–Crippen MR) is 157 cm³/mol. The van der Waals surface area contributed by atoms with Crippen molar-refractivity contribution in [3.63, 3.8) is 0 Å². The van der Waals surface area contributed by atoms with Gasteiger partial charge in [0.05, 0.1) is 6.54 Å². The van der Waals surface area contributed by atoms with Crippen LogP contribution in [-0.4, -0.2) is 54.1 Å². The van der Waals surface area contributed by atoms with E-state index in [0.717, 1.165) is 53.0 Å². The van der Waals surface area contributed by atoms with E-state index in [-0.39, 0.29) is 11.5 Å². The highest BCUT2D eigenvalue weighted by atomic mass is 16.2. The molecule has 0 bridgehead atoms. The van der Waals surface area contributed by atoms with Crippen LogP contribution in [0.15, 0.2) is 53.3 Å². The average molecular weight is 542 g/mol. The number of rotatable bonds is 13. The lowest BCUT2D eigenvalue weighted by atomic mass is 9.98. The summed E-state index contributed by atoms with van der Waals surface area (Å²) in [6, 6.07) is 16.2. The Hall–Kier alpha value is -4.14. The molecular formula is C31H39N7O2. The zero-order valence-electron chi connectivity index (χ0n) is 24.0. The summed E-state index contributed by atoms with van der Waals surface area (Å²) in [5.74, 6) is 1.50. The largest absolute Gasteiger partial charge is 0.343 e. The van der Waals surface area contributed by atoms with Gasteiger partial charge in [-0.15, -0.1) is 10.2 Å². The lowest BCUT2D eigenvalue weighted by molar-refractivity contribution is -0.130. The van der Waals surface area contributed by atoms with Gasteiger partial charge >= 0.3 is 0 Å². The van der Waals surface area contributed by atoms with Crippen molar-refractivity contribution < 1.29 is 4.79 Å². The second-order valence-electron chi connectivity index (χ2n) is 9.98. The van der Waals surface area contributed by atoms with Crippen LogP contribution in [0.4, 0.5) is 0 Å². The first kappa shape index (κ1) is 28.9. The Morgan fingerprint density at radius 2 is 1.68 bits per heavy atom. The molecule has 0 fully saturated rings. The van der Waals surface area contributed by atoms with E-state index in [1.807, 2.05) is 54.5 Å². The van der Waals surface area contributed by atoms with Crippen molar-refractivity contribution in [2.75, 3.05) is 13.1 Å². The van der Waals surface area contributed by atoms with Crippen LogP contribution in [0.5, 0.6) is 0 Å². The molecule has 2 aromatic carbocycles. The summed E-state index contributed by atoms with van der Waals surface area (Å²) in [5, 5.41) is 14.5. The SMILES string of the molecule is CCCCc1nc(C)c(CCCC(=O)N(CC)CC)c(=O)n1Cc1ccc(-c2ccccc2-c2nn[nH]n2)cc1. The Kier molecular flexibility index (Phi) is 9.94. The third-order valence-electron chi connectivity index (χ3n) is 7.35. The quantitative estimate of drug-likeness (QED) is 0.256. The van der Waals surface area contributed by atoms with Crippen molar-refractivity contribution in [1.82, 2.24) is 35.1 Å². The fourth-order valence-corrected chi connectivity index (χ4v) is 5.06. The van der Waals surface area contributed by atoms with Crippen LogP contribution in [0.3, 0.4) is 0 Å². The molecule has 40 heavy (non-hydrogen) atoms. The summed E-state index contributed by atoms with van der Waals surface area (Å²) in [6.07, 6.45) is 4.36. The molecular weight excluding hydrogens is 502 g/mol. The van der Waals surface area contributed by atoms with Crippen molar-refractivity contribution in [2.24, 2.45) is 0 Å². The molecule has 1 amide bonds. The van der Waals surface area contributed by atoms with Crippen LogP contribution < -0.4 is 5.56 Å². The monoisotopic (exact) mass is 541 g/mol. The van der Waals surface area contributed by atoms with Crippen molar-refractivity contribution >= 4 is 5.91 Å². The molecule has 1 N–H and O–H groups in total.